The molecule has 3 rings (SSSR count). The molecule has 0 atom stereocenters. The van der Waals surface area contributed by atoms with E-state index in [4.69, 9.17) is 9.15 Å². The summed E-state index contributed by atoms with van der Waals surface area (Å²) in [6.45, 7) is -0.350. The van der Waals surface area contributed by atoms with Crippen molar-refractivity contribution in [2.45, 2.75) is 11.5 Å². The Morgan fingerprint density at radius 2 is 1.58 bits per heavy atom. The molecule has 0 saturated carbocycles. The number of sulfonamides is 1. The number of furan rings is 1. The van der Waals surface area contributed by atoms with E-state index in [-0.39, 0.29) is 17.3 Å². The molecule has 3 aromatic rings. The van der Waals surface area contributed by atoms with Crippen molar-refractivity contribution in [3.05, 3.63) is 84.3 Å². The number of rotatable bonds is 8. The molecule has 0 fully saturated rings. The molecule has 0 radical (unpaired) electrons. The van der Waals surface area contributed by atoms with Gasteiger partial charge in [0.2, 0.25) is 10.0 Å². The fraction of sp³-hybridized carbons (Fsp3) is 0.143. The summed E-state index contributed by atoms with van der Waals surface area (Å²) in [7, 11) is -2.55. The average Bonchev–Trinajstić information content (AvgIpc) is 3.26. The van der Waals surface area contributed by atoms with Crippen LogP contribution in [0.3, 0.4) is 0 Å². The first kappa shape index (κ1) is 22.1. The molecule has 0 saturated heterocycles. The van der Waals surface area contributed by atoms with Crippen molar-refractivity contribution in [1.82, 2.24) is 15.2 Å². The van der Waals surface area contributed by atoms with Gasteiger partial charge >= 0.3 is 5.91 Å². The highest BCUT2D eigenvalue weighted by Crippen LogP contribution is 2.14. The number of amides is 2. The maximum absolute atomic E-state index is 12.4. The monoisotopic (exact) mass is 443 g/mol. The van der Waals surface area contributed by atoms with Crippen LogP contribution >= 0.6 is 0 Å². The number of likely N-dealkylation sites (N-methyl/N-ethyl adjacent to an activating group) is 1. The second-order valence-electron chi connectivity index (χ2n) is 6.44. The summed E-state index contributed by atoms with van der Waals surface area (Å²) < 4.78 is 36.7. The van der Waals surface area contributed by atoms with Crippen LogP contribution in [-0.4, -0.2) is 38.1 Å². The fourth-order valence-corrected chi connectivity index (χ4v) is 3.68. The minimum Gasteiger partial charge on any atom is -0.486 e. The summed E-state index contributed by atoms with van der Waals surface area (Å²) in [5.74, 6) is -0.347. The van der Waals surface area contributed by atoms with Gasteiger partial charge in [-0.2, -0.15) is 4.31 Å². The van der Waals surface area contributed by atoms with E-state index in [1.54, 1.807) is 36.4 Å². The molecule has 0 unspecified atom stereocenters. The van der Waals surface area contributed by atoms with Crippen molar-refractivity contribution in [3.8, 4) is 5.75 Å². The number of hydrogen-bond acceptors (Lipinski definition) is 6. The minimum absolute atomic E-state index is 0.0303. The van der Waals surface area contributed by atoms with Crippen molar-refractivity contribution in [1.29, 1.82) is 0 Å². The predicted octanol–water partition coefficient (Wildman–Crippen LogP) is 1.94. The Kier molecular flexibility index (Phi) is 7.06. The summed E-state index contributed by atoms with van der Waals surface area (Å²) in [5.41, 5.74) is 4.35. The first-order valence-electron chi connectivity index (χ1n) is 9.23. The van der Waals surface area contributed by atoms with Crippen LogP contribution in [0.25, 0.3) is 0 Å². The molecular formula is C21H21N3O6S. The van der Waals surface area contributed by atoms with Crippen molar-refractivity contribution in [2.24, 2.45) is 0 Å². The van der Waals surface area contributed by atoms with Crippen molar-refractivity contribution in [3.63, 3.8) is 0 Å². The standard InChI is InChI=1S/C21H21N3O6S/c1-24(31(27,28)18-10-6-3-7-11-18)14-20(25)22-23-21(26)19-13-12-17(30-19)15-29-16-8-4-2-5-9-16/h2-13H,14-15H2,1H3,(H,22,25)(H,23,26). The van der Waals surface area contributed by atoms with E-state index in [0.29, 0.717) is 11.5 Å². The van der Waals surface area contributed by atoms with E-state index < -0.39 is 28.4 Å². The van der Waals surface area contributed by atoms with Crippen LogP contribution in [0.2, 0.25) is 0 Å². The van der Waals surface area contributed by atoms with Gasteiger partial charge in [0.1, 0.15) is 18.1 Å². The highest BCUT2D eigenvalue weighted by atomic mass is 32.2. The summed E-state index contributed by atoms with van der Waals surface area (Å²) in [4.78, 5) is 24.3. The third-order valence-corrected chi connectivity index (χ3v) is 5.96. The molecule has 0 aliphatic heterocycles. The van der Waals surface area contributed by atoms with Gasteiger partial charge in [-0.25, -0.2) is 8.42 Å². The summed E-state index contributed by atoms with van der Waals surface area (Å²) in [5, 5.41) is 0. The lowest BCUT2D eigenvalue weighted by Crippen LogP contribution is -2.46. The van der Waals surface area contributed by atoms with Gasteiger partial charge < -0.3 is 9.15 Å². The van der Waals surface area contributed by atoms with E-state index in [0.717, 1.165) is 4.31 Å². The Morgan fingerprint density at radius 3 is 2.26 bits per heavy atom. The van der Waals surface area contributed by atoms with Gasteiger partial charge in [-0.1, -0.05) is 36.4 Å². The highest BCUT2D eigenvalue weighted by Gasteiger charge is 2.23. The normalized spacial score (nSPS) is 11.2. The zero-order valence-electron chi connectivity index (χ0n) is 16.6. The van der Waals surface area contributed by atoms with Gasteiger partial charge in [-0.05, 0) is 36.4 Å². The number of nitrogens with zero attached hydrogens (tertiary/aromatic N) is 1. The van der Waals surface area contributed by atoms with E-state index in [9.17, 15) is 18.0 Å². The Balaban J connectivity index is 1.48. The molecule has 162 valence electrons. The van der Waals surface area contributed by atoms with Crippen molar-refractivity contribution < 1.29 is 27.2 Å². The largest absolute Gasteiger partial charge is 0.486 e. The van der Waals surface area contributed by atoms with E-state index in [1.807, 2.05) is 18.2 Å². The number of hydrazine groups is 1. The maximum Gasteiger partial charge on any atom is 0.305 e. The van der Waals surface area contributed by atoms with Gasteiger partial charge in [0.25, 0.3) is 5.91 Å². The van der Waals surface area contributed by atoms with Crippen LogP contribution in [0.1, 0.15) is 16.3 Å². The van der Waals surface area contributed by atoms with Crippen molar-refractivity contribution in [2.75, 3.05) is 13.6 Å². The molecule has 0 spiro atoms. The second-order valence-corrected chi connectivity index (χ2v) is 8.49. The lowest BCUT2D eigenvalue weighted by Gasteiger charge is -2.16. The van der Waals surface area contributed by atoms with Gasteiger partial charge in [0, 0.05) is 7.05 Å². The highest BCUT2D eigenvalue weighted by molar-refractivity contribution is 7.89. The molecule has 10 heteroatoms. The van der Waals surface area contributed by atoms with Crippen molar-refractivity contribution >= 4 is 21.8 Å². The van der Waals surface area contributed by atoms with Gasteiger partial charge in [-0.3, -0.25) is 20.4 Å². The molecule has 1 heterocycles. The minimum atomic E-state index is -3.82. The third kappa shape index (κ3) is 5.93. The Hall–Kier alpha value is -3.63. The van der Waals surface area contributed by atoms with E-state index >= 15 is 0 Å². The number of ether oxygens (including phenoxy) is 1. The molecule has 0 bridgehead atoms. The SMILES string of the molecule is CN(CC(=O)NNC(=O)c1ccc(COc2ccccc2)o1)S(=O)(=O)c1ccccc1. The molecule has 1 aromatic heterocycles. The third-order valence-electron chi connectivity index (χ3n) is 4.14. The lowest BCUT2D eigenvalue weighted by atomic mass is 10.3. The Labute approximate surface area is 179 Å². The Morgan fingerprint density at radius 1 is 0.935 bits per heavy atom. The summed E-state index contributed by atoms with van der Waals surface area (Å²) >= 11 is 0. The number of para-hydroxylation sites is 1. The second kappa shape index (κ2) is 9.92. The molecule has 2 aromatic carbocycles. The quantitative estimate of drug-likeness (QED) is 0.514. The van der Waals surface area contributed by atoms with Gasteiger partial charge in [-0.15, -0.1) is 0 Å². The van der Waals surface area contributed by atoms with Crippen LogP contribution in [0.15, 0.2) is 82.1 Å². The average molecular weight is 443 g/mol. The van der Waals surface area contributed by atoms with Gasteiger partial charge in [0.15, 0.2) is 5.76 Å². The zero-order chi connectivity index (χ0) is 22.3. The van der Waals surface area contributed by atoms with Gasteiger partial charge in [0.05, 0.1) is 11.4 Å². The smallest absolute Gasteiger partial charge is 0.305 e. The summed E-state index contributed by atoms with van der Waals surface area (Å²) in [6, 6.07) is 19.9. The lowest BCUT2D eigenvalue weighted by molar-refractivity contribution is -0.121. The molecular weight excluding hydrogens is 422 g/mol. The Bertz CT molecular complexity index is 1130. The summed E-state index contributed by atoms with van der Waals surface area (Å²) in [6.07, 6.45) is 0. The topological polar surface area (TPSA) is 118 Å². The zero-order valence-corrected chi connectivity index (χ0v) is 17.5. The fourth-order valence-electron chi connectivity index (χ4n) is 2.54. The molecule has 31 heavy (non-hydrogen) atoms. The molecule has 0 aliphatic carbocycles. The number of nitrogens with one attached hydrogen (secondary N) is 2. The molecule has 2 amide bonds. The van der Waals surface area contributed by atoms with E-state index in [1.165, 1.54) is 25.2 Å². The number of hydrogen-bond donors (Lipinski definition) is 2. The maximum atomic E-state index is 12.4. The number of carbonyl (C=O) groups is 2. The van der Waals surface area contributed by atoms with Crippen LogP contribution < -0.4 is 15.6 Å². The first-order chi connectivity index (χ1) is 14.9. The van der Waals surface area contributed by atoms with E-state index in [2.05, 4.69) is 10.9 Å². The molecule has 2 N–H and O–H groups in total. The van der Waals surface area contributed by atoms with Crippen LogP contribution in [0.4, 0.5) is 0 Å². The van der Waals surface area contributed by atoms with Crippen LogP contribution in [0, 0.1) is 0 Å². The van der Waals surface area contributed by atoms with Crippen LogP contribution in [0.5, 0.6) is 5.75 Å². The molecule has 0 aliphatic rings. The first-order valence-corrected chi connectivity index (χ1v) is 10.7. The van der Waals surface area contributed by atoms with Crippen LogP contribution in [-0.2, 0) is 21.4 Å². The number of benzene rings is 2. The predicted molar refractivity (Wildman–Crippen MR) is 111 cm³/mol. The molecule has 9 nitrogen and oxygen atoms in total. The number of carbonyl (C=O) groups excluding carboxylic acids is 2.